The molecule has 132 valence electrons. The molecule has 0 saturated heterocycles. The van der Waals surface area contributed by atoms with Crippen molar-refractivity contribution in [1.29, 1.82) is 0 Å². The molecule has 0 bridgehead atoms. The van der Waals surface area contributed by atoms with E-state index in [1.165, 1.54) is 0 Å². The largest absolute Gasteiger partial charge is 0.326 e. The maximum atomic E-state index is 12.2. The van der Waals surface area contributed by atoms with Gasteiger partial charge in [-0.2, -0.15) is 10.2 Å². The number of aromatic nitrogens is 1. The van der Waals surface area contributed by atoms with Crippen molar-refractivity contribution in [3.8, 4) is 0 Å². The summed E-state index contributed by atoms with van der Waals surface area (Å²) in [5.74, 6) is 0.127. The maximum Gasteiger partial charge on any atom is 0.224 e. The van der Waals surface area contributed by atoms with Gasteiger partial charge in [-0.25, -0.2) is 0 Å². The average molecular weight is 346 g/mol. The van der Waals surface area contributed by atoms with Gasteiger partial charge in [-0.3, -0.25) is 9.78 Å². The normalized spacial score (nSPS) is 16.0. The lowest BCUT2D eigenvalue weighted by Gasteiger charge is -2.13. The summed E-state index contributed by atoms with van der Waals surface area (Å²) in [6, 6.07) is 11.5. The number of hydrogen-bond donors (Lipinski definition) is 1. The highest BCUT2D eigenvalue weighted by Gasteiger charge is 2.27. The SMILES string of the molecule is C=Cc1ccc(NC(=O)CCC2=NN=C(c3cccnc3)C2CC)cc1. The van der Waals surface area contributed by atoms with E-state index < -0.39 is 0 Å². The fraction of sp³-hybridized carbons (Fsp3) is 0.238. The van der Waals surface area contributed by atoms with Crippen LogP contribution in [0.2, 0.25) is 0 Å². The van der Waals surface area contributed by atoms with E-state index in [9.17, 15) is 4.79 Å². The van der Waals surface area contributed by atoms with Crippen LogP contribution in [-0.4, -0.2) is 22.3 Å². The molecule has 0 fully saturated rings. The van der Waals surface area contributed by atoms with Gasteiger partial charge in [-0.05, 0) is 42.7 Å². The van der Waals surface area contributed by atoms with E-state index in [0.717, 1.165) is 34.7 Å². The summed E-state index contributed by atoms with van der Waals surface area (Å²) >= 11 is 0. The van der Waals surface area contributed by atoms with E-state index >= 15 is 0 Å². The molecule has 1 N–H and O–H groups in total. The molecule has 2 heterocycles. The van der Waals surface area contributed by atoms with Crippen molar-refractivity contribution >= 4 is 29.1 Å². The molecule has 3 rings (SSSR count). The standard InChI is InChI=1S/C21H22N4O/c1-3-15-7-9-17(10-8-15)23-20(26)12-11-19-18(4-2)21(25-24-19)16-6-5-13-22-14-16/h3,5-10,13-14,18H,1,4,11-12H2,2H3,(H,23,26). The molecule has 1 unspecified atom stereocenters. The highest BCUT2D eigenvalue weighted by atomic mass is 16.1. The number of pyridine rings is 1. The van der Waals surface area contributed by atoms with E-state index in [4.69, 9.17) is 0 Å². The van der Waals surface area contributed by atoms with E-state index in [1.54, 1.807) is 18.5 Å². The average Bonchev–Trinajstić information content (AvgIpc) is 3.10. The van der Waals surface area contributed by atoms with Crippen LogP contribution in [0.25, 0.3) is 6.08 Å². The number of rotatable bonds is 7. The summed E-state index contributed by atoms with van der Waals surface area (Å²) in [5.41, 5.74) is 4.70. The van der Waals surface area contributed by atoms with Crippen LogP contribution in [0.1, 0.15) is 37.3 Å². The number of carbonyl (C=O) groups is 1. The molecule has 1 aliphatic heterocycles. The number of nitrogens with zero attached hydrogens (tertiary/aromatic N) is 3. The van der Waals surface area contributed by atoms with Crippen LogP contribution in [0, 0.1) is 5.92 Å². The Labute approximate surface area is 153 Å². The Balaban J connectivity index is 1.56. The van der Waals surface area contributed by atoms with Gasteiger partial charge in [-0.1, -0.05) is 31.7 Å². The Morgan fingerprint density at radius 2 is 2.04 bits per heavy atom. The van der Waals surface area contributed by atoms with Crippen LogP contribution in [0.15, 0.2) is 65.6 Å². The van der Waals surface area contributed by atoms with Crippen LogP contribution in [0.5, 0.6) is 0 Å². The van der Waals surface area contributed by atoms with Crippen molar-refractivity contribution in [2.24, 2.45) is 16.1 Å². The molecular formula is C21H22N4O. The molecule has 0 radical (unpaired) electrons. The number of hydrogen-bond acceptors (Lipinski definition) is 4. The first-order chi connectivity index (χ1) is 12.7. The number of nitrogens with one attached hydrogen (secondary N) is 1. The molecule has 0 spiro atoms. The maximum absolute atomic E-state index is 12.2. The lowest BCUT2D eigenvalue weighted by atomic mass is 9.89. The fourth-order valence-electron chi connectivity index (χ4n) is 3.01. The second-order valence-electron chi connectivity index (χ2n) is 6.15. The zero-order valence-electron chi connectivity index (χ0n) is 14.9. The van der Waals surface area contributed by atoms with E-state index in [-0.39, 0.29) is 11.8 Å². The highest BCUT2D eigenvalue weighted by molar-refractivity contribution is 6.17. The van der Waals surface area contributed by atoms with Gasteiger partial charge in [0, 0.05) is 36.0 Å². The van der Waals surface area contributed by atoms with Crippen molar-refractivity contribution in [2.45, 2.75) is 26.2 Å². The quantitative estimate of drug-likeness (QED) is 0.811. The molecule has 26 heavy (non-hydrogen) atoms. The Morgan fingerprint density at radius 1 is 1.23 bits per heavy atom. The van der Waals surface area contributed by atoms with E-state index in [2.05, 4.69) is 34.0 Å². The van der Waals surface area contributed by atoms with Gasteiger partial charge in [0.15, 0.2) is 0 Å². The van der Waals surface area contributed by atoms with Crippen LogP contribution in [0.4, 0.5) is 5.69 Å². The molecule has 0 aliphatic carbocycles. The summed E-state index contributed by atoms with van der Waals surface area (Å²) in [6.45, 7) is 5.83. The molecule has 1 aliphatic rings. The molecule has 1 amide bonds. The van der Waals surface area contributed by atoms with Gasteiger partial charge in [0.2, 0.25) is 5.91 Å². The van der Waals surface area contributed by atoms with Crippen LogP contribution in [-0.2, 0) is 4.79 Å². The zero-order valence-corrected chi connectivity index (χ0v) is 14.9. The number of anilines is 1. The minimum Gasteiger partial charge on any atom is -0.326 e. The Bertz CT molecular complexity index is 838. The summed E-state index contributed by atoms with van der Waals surface area (Å²) in [4.78, 5) is 16.4. The topological polar surface area (TPSA) is 66.7 Å². The third kappa shape index (κ3) is 4.11. The zero-order chi connectivity index (χ0) is 18.4. The molecule has 1 aromatic heterocycles. The predicted molar refractivity (Wildman–Crippen MR) is 106 cm³/mol. The minimum atomic E-state index is -0.0243. The molecule has 5 heteroatoms. The third-order valence-electron chi connectivity index (χ3n) is 4.42. The molecule has 1 atom stereocenters. The van der Waals surface area contributed by atoms with Crippen LogP contribution in [0.3, 0.4) is 0 Å². The van der Waals surface area contributed by atoms with Gasteiger partial charge in [0.05, 0.1) is 11.4 Å². The second-order valence-corrected chi connectivity index (χ2v) is 6.15. The van der Waals surface area contributed by atoms with E-state index in [0.29, 0.717) is 12.8 Å². The minimum absolute atomic E-state index is 0.0243. The molecule has 0 saturated carbocycles. The number of amides is 1. The molecular weight excluding hydrogens is 324 g/mol. The molecule has 2 aromatic rings. The summed E-state index contributed by atoms with van der Waals surface area (Å²) < 4.78 is 0. The van der Waals surface area contributed by atoms with Gasteiger partial charge in [0.25, 0.3) is 0 Å². The Hall–Kier alpha value is -3.08. The van der Waals surface area contributed by atoms with Gasteiger partial charge < -0.3 is 5.32 Å². The summed E-state index contributed by atoms with van der Waals surface area (Å²) in [6.07, 6.45) is 7.20. The van der Waals surface area contributed by atoms with E-state index in [1.807, 2.05) is 36.4 Å². The van der Waals surface area contributed by atoms with Crippen LogP contribution >= 0.6 is 0 Å². The van der Waals surface area contributed by atoms with Crippen LogP contribution < -0.4 is 5.32 Å². The lowest BCUT2D eigenvalue weighted by Crippen LogP contribution is -2.22. The fourth-order valence-corrected chi connectivity index (χ4v) is 3.01. The number of carbonyl (C=O) groups excluding carboxylic acids is 1. The third-order valence-corrected chi connectivity index (χ3v) is 4.42. The van der Waals surface area contributed by atoms with Crippen molar-refractivity contribution in [1.82, 2.24) is 4.98 Å². The first-order valence-corrected chi connectivity index (χ1v) is 8.78. The van der Waals surface area contributed by atoms with Gasteiger partial charge in [-0.15, -0.1) is 0 Å². The number of benzene rings is 1. The smallest absolute Gasteiger partial charge is 0.224 e. The molecule has 5 nitrogen and oxygen atoms in total. The first kappa shape index (κ1) is 17.7. The highest BCUT2D eigenvalue weighted by Crippen LogP contribution is 2.23. The Kier molecular flexibility index (Phi) is 5.69. The monoisotopic (exact) mass is 346 g/mol. The van der Waals surface area contributed by atoms with Crippen molar-refractivity contribution < 1.29 is 4.79 Å². The summed E-state index contributed by atoms with van der Waals surface area (Å²) in [7, 11) is 0. The lowest BCUT2D eigenvalue weighted by molar-refractivity contribution is -0.116. The predicted octanol–water partition coefficient (Wildman–Crippen LogP) is 4.33. The van der Waals surface area contributed by atoms with Gasteiger partial charge in [0.1, 0.15) is 0 Å². The first-order valence-electron chi connectivity index (χ1n) is 8.78. The van der Waals surface area contributed by atoms with Crippen molar-refractivity contribution in [2.75, 3.05) is 5.32 Å². The summed E-state index contributed by atoms with van der Waals surface area (Å²) in [5, 5.41) is 11.6. The second kappa shape index (κ2) is 8.34. The van der Waals surface area contributed by atoms with Gasteiger partial charge >= 0.3 is 0 Å². The van der Waals surface area contributed by atoms with Crippen molar-refractivity contribution in [3.63, 3.8) is 0 Å². The van der Waals surface area contributed by atoms with Crippen molar-refractivity contribution in [3.05, 3.63) is 66.5 Å². The Morgan fingerprint density at radius 3 is 2.69 bits per heavy atom. The molecule has 1 aromatic carbocycles.